The van der Waals surface area contributed by atoms with Gasteiger partial charge in [-0.2, -0.15) is 0 Å². The van der Waals surface area contributed by atoms with Gasteiger partial charge in [0.2, 0.25) is 0 Å². The van der Waals surface area contributed by atoms with Gasteiger partial charge in [-0.1, -0.05) is 13.8 Å². The second-order valence-corrected chi connectivity index (χ2v) is 4.83. The summed E-state index contributed by atoms with van der Waals surface area (Å²) in [6, 6.07) is 3.90. The van der Waals surface area contributed by atoms with Gasteiger partial charge in [-0.05, 0) is 38.0 Å². The molecular formula is C14H18N2O2. The molecule has 0 saturated carbocycles. The van der Waals surface area contributed by atoms with Crippen LogP contribution in [0.15, 0.2) is 12.1 Å². The maximum atomic E-state index is 11.5. The first-order valence-electron chi connectivity index (χ1n) is 6.18. The second kappa shape index (κ2) is 4.44. The zero-order valence-corrected chi connectivity index (χ0v) is 11.2. The summed E-state index contributed by atoms with van der Waals surface area (Å²) in [5.74, 6) is -0.763. The van der Waals surface area contributed by atoms with E-state index in [2.05, 4.69) is 4.98 Å². The first kappa shape index (κ1) is 12.6. The molecule has 2 aromatic rings. The van der Waals surface area contributed by atoms with Crippen molar-refractivity contribution in [3.05, 3.63) is 34.8 Å². The van der Waals surface area contributed by atoms with Crippen LogP contribution in [0.3, 0.4) is 0 Å². The number of fused-ring (bicyclic) bond motifs is 1. The van der Waals surface area contributed by atoms with Crippen LogP contribution in [-0.2, 0) is 0 Å². The number of pyridine rings is 1. The maximum absolute atomic E-state index is 11.5. The lowest BCUT2D eigenvalue weighted by Crippen LogP contribution is -2.08. The molecule has 1 atom stereocenters. The molecule has 0 radical (unpaired) electrons. The van der Waals surface area contributed by atoms with Crippen LogP contribution in [-0.4, -0.2) is 20.5 Å². The fourth-order valence-corrected chi connectivity index (χ4v) is 2.29. The Hall–Kier alpha value is -1.84. The number of aromatic nitrogens is 2. The fraction of sp³-hybridized carbons (Fsp3) is 0.429. The Labute approximate surface area is 106 Å². The third-order valence-electron chi connectivity index (χ3n) is 3.36. The van der Waals surface area contributed by atoms with Gasteiger partial charge < -0.3 is 5.11 Å². The number of nitrogens with zero attached hydrogens (tertiary/aromatic N) is 2. The maximum Gasteiger partial charge on any atom is 0.354 e. The van der Waals surface area contributed by atoms with E-state index < -0.39 is 5.97 Å². The summed E-state index contributed by atoms with van der Waals surface area (Å²) in [4.78, 5) is 16.0. The van der Waals surface area contributed by atoms with E-state index in [0.29, 0.717) is 11.4 Å². The lowest BCUT2D eigenvalue weighted by atomic mass is 10.0. The number of carboxylic acid groups (broad SMARTS) is 1. The SMILES string of the molecule is CCC(C)c1nc2cc(C)cc(C)n2c1C(=O)O. The zero-order chi connectivity index (χ0) is 13.4. The Balaban J connectivity index is 2.84. The Morgan fingerprint density at radius 2 is 2.11 bits per heavy atom. The van der Waals surface area contributed by atoms with Crippen LogP contribution in [0.25, 0.3) is 5.65 Å². The van der Waals surface area contributed by atoms with Gasteiger partial charge in [-0.15, -0.1) is 0 Å². The number of carbonyl (C=O) groups is 1. The number of hydrogen-bond donors (Lipinski definition) is 1. The van der Waals surface area contributed by atoms with Crippen molar-refractivity contribution in [3.63, 3.8) is 0 Å². The number of carboxylic acids is 1. The summed E-state index contributed by atoms with van der Waals surface area (Å²) < 4.78 is 1.73. The van der Waals surface area contributed by atoms with Gasteiger partial charge in [-0.25, -0.2) is 9.78 Å². The molecule has 0 aliphatic carbocycles. The van der Waals surface area contributed by atoms with Crippen LogP contribution < -0.4 is 0 Å². The second-order valence-electron chi connectivity index (χ2n) is 4.83. The van der Waals surface area contributed by atoms with Crippen molar-refractivity contribution in [2.75, 3.05) is 0 Å². The minimum Gasteiger partial charge on any atom is -0.477 e. The van der Waals surface area contributed by atoms with Gasteiger partial charge in [0.15, 0.2) is 5.69 Å². The van der Waals surface area contributed by atoms with Crippen LogP contribution in [0.2, 0.25) is 0 Å². The average Bonchev–Trinajstić information content (AvgIpc) is 2.67. The smallest absolute Gasteiger partial charge is 0.354 e. The molecule has 96 valence electrons. The molecule has 0 fully saturated rings. The molecule has 0 spiro atoms. The highest BCUT2D eigenvalue weighted by Crippen LogP contribution is 2.25. The molecule has 4 heteroatoms. The van der Waals surface area contributed by atoms with Gasteiger partial charge in [0.1, 0.15) is 5.65 Å². The highest BCUT2D eigenvalue weighted by atomic mass is 16.4. The lowest BCUT2D eigenvalue weighted by Gasteiger charge is -2.07. The van der Waals surface area contributed by atoms with Gasteiger partial charge >= 0.3 is 5.97 Å². The molecular weight excluding hydrogens is 228 g/mol. The van der Waals surface area contributed by atoms with Crippen molar-refractivity contribution in [2.24, 2.45) is 0 Å². The standard InChI is InChI=1S/C14H18N2O2/c1-5-9(3)12-13(14(17)18)16-10(4)6-8(2)7-11(16)15-12/h6-7,9H,5H2,1-4H3,(H,17,18). The molecule has 0 saturated heterocycles. The Bertz CT molecular complexity index is 614. The molecule has 1 N–H and O–H groups in total. The van der Waals surface area contributed by atoms with Crippen molar-refractivity contribution >= 4 is 11.6 Å². The Morgan fingerprint density at radius 3 is 2.67 bits per heavy atom. The molecule has 1 unspecified atom stereocenters. The number of aromatic carboxylic acids is 1. The molecule has 0 aliphatic heterocycles. The van der Waals surface area contributed by atoms with E-state index in [1.165, 1.54) is 0 Å². The Morgan fingerprint density at radius 1 is 1.44 bits per heavy atom. The van der Waals surface area contributed by atoms with Crippen molar-refractivity contribution in [3.8, 4) is 0 Å². The van der Waals surface area contributed by atoms with Crippen LogP contribution in [0, 0.1) is 13.8 Å². The number of hydrogen-bond acceptors (Lipinski definition) is 2. The van der Waals surface area contributed by atoms with E-state index in [4.69, 9.17) is 0 Å². The van der Waals surface area contributed by atoms with E-state index in [-0.39, 0.29) is 5.92 Å². The molecule has 18 heavy (non-hydrogen) atoms. The van der Waals surface area contributed by atoms with E-state index in [0.717, 1.165) is 23.3 Å². The fourth-order valence-electron chi connectivity index (χ4n) is 2.29. The van der Waals surface area contributed by atoms with Crippen LogP contribution >= 0.6 is 0 Å². The van der Waals surface area contributed by atoms with E-state index in [1.807, 2.05) is 39.8 Å². The molecule has 2 heterocycles. The van der Waals surface area contributed by atoms with Gasteiger partial charge in [-0.3, -0.25) is 4.40 Å². The van der Waals surface area contributed by atoms with E-state index in [9.17, 15) is 9.90 Å². The highest BCUT2D eigenvalue weighted by Gasteiger charge is 2.22. The predicted molar refractivity (Wildman–Crippen MR) is 70.3 cm³/mol. The zero-order valence-electron chi connectivity index (χ0n) is 11.2. The summed E-state index contributed by atoms with van der Waals surface area (Å²) >= 11 is 0. The molecule has 0 bridgehead atoms. The highest BCUT2D eigenvalue weighted by molar-refractivity contribution is 5.88. The van der Waals surface area contributed by atoms with E-state index in [1.54, 1.807) is 4.40 Å². The van der Waals surface area contributed by atoms with Gasteiger partial charge in [0, 0.05) is 11.6 Å². The summed E-state index contributed by atoms with van der Waals surface area (Å²) in [5, 5.41) is 9.43. The third kappa shape index (κ3) is 1.88. The summed E-state index contributed by atoms with van der Waals surface area (Å²) in [7, 11) is 0. The predicted octanol–water partition coefficient (Wildman–Crippen LogP) is 3.16. The number of imidazole rings is 1. The molecule has 0 aromatic carbocycles. The van der Waals surface area contributed by atoms with Gasteiger partial charge in [0.25, 0.3) is 0 Å². The largest absolute Gasteiger partial charge is 0.477 e. The average molecular weight is 246 g/mol. The molecule has 0 amide bonds. The molecule has 0 aliphatic rings. The van der Waals surface area contributed by atoms with Crippen LogP contribution in [0.1, 0.15) is 53.6 Å². The summed E-state index contributed by atoms with van der Waals surface area (Å²) in [5.41, 5.74) is 3.71. The first-order chi connectivity index (χ1) is 8.45. The van der Waals surface area contributed by atoms with Gasteiger partial charge in [0.05, 0.1) is 5.69 Å². The third-order valence-corrected chi connectivity index (χ3v) is 3.36. The van der Waals surface area contributed by atoms with Crippen molar-refractivity contribution < 1.29 is 9.90 Å². The summed E-state index contributed by atoms with van der Waals surface area (Å²) in [6.45, 7) is 7.95. The number of aryl methyl sites for hydroxylation is 2. The molecule has 2 aromatic heterocycles. The van der Waals surface area contributed by atoms with E-state index >= 15 is 0 Å². The quantitative estimate of drug-likeness (QED) is 0.905. The summed E-state index contributed by atoms with van der Waals surface area (Å²) in [6.07, 6.45) is 0.877. The minimum absolute atomic E-state index is 0.149. The normalized spacial score (nSPS) is 12.9. The minimum atomic E-state index is -0.912. The van der Waals surface area contributed by atoms with Crippen LogP contribution in [0.5, 0.6) is 0 Å². The number of rotatable bonds is 3. The Kier molecular flexibility index (Phi) is 3.11. The van der Waals surface area contributed by atoms with Crippen molar-refractivity contribution in [2.45, 2.75) is 40.0 Å². The lowest BCUT2D eigenvalue weighted by molar-refractivity contribution is 0.0687. The first-order valence-corrected chi connectivity index (χ1v) is 6.18. The topological polar surface area (TPSA) is 54.6 Å². The monoisotopic (exact) mass is 246 g/mol. The molecule has 4 nitrogen and oxygen atoms in total. The molecule has 2 rings (SSSR count). The van der Waals surface area contributed by atoms with Crippen LogP contribution in [0.4, 0.5) is 0 Å². The van der Waals surface area contributed by atoms with Crippen molar-refractivity contribution in [1.82, 2.24) is 9.38 Å². The van der Waals surface area contributed by atoms with Crippen molar-refractivity contribution in [1.29, 1.82) is 0 Å².